The van der Waals surface area contributed by atoms with E-state index in [4.69, 9.17) is 4.74 Å². The summed E-state index contributed by atoms with van der Waals surface area (Å²) in [5.74, 6) is 0.614. The maximum atomic E-state index is 5.74. The first-order valence-electron chi connectivity index (χ1n) is 5.36. The van der Waals surface area contributed by atoms with Crippen molar-refractivity contribution < 1.29 is 4.74 Å². The Morgan fingerprint density at radius 3 is 2.57 bits per heavy atom. The van der Waals surface area contributed by atoms with E-state index in [2.05, 4.69) is 45.0 Å². The van der Waals surface area contributed by atoms with Gasteiger partial charge in [0.1, 0.15) is 0 Å². The first-order chi connectivity index (χ1) is 6.65. The zero-order chi connectivity index (χ0) is 10.2. The summed E-state index contributed by atoms with van der Waals surface area (Å²) in [6, 6.07) is 8.81. The largest absolute Gasteiger partial charge is 0.375 e. The molecule has 1 aliphatic carbocycles. The van der Waals surface area contributed by atoms with E-state index in [-0.39, 0.29) is 5.60 Å². The van der Waals surface area contributed by atoms with Gasteiger partial charge in [-0.15, -0.1) is 0 Å². The van der Waals surface area contributed by atoms with E-state index in [1.54, 1.807) is 0 Å². The molecule has 2 unspecified atom stereocenters. The lowest BCUT2D eigenvalue weighted by atomic mass is 10.1. The van der Waals surface area contributed by atoms with Gasteiger partial charge in [0.05, 0.1) is 5.60 Å². The van der Waals surface area contributed by atoms with E-state index in [9.17, 15) is 0 Å². The molecule has 0 saturated heterocycles. The Bertz CT molecular complexity index is 315. The zero-order valence-electron chi connectivity index (χ0n) is 9.21. The summed E-state index contributed by atoms with van der Waals surface area (Å²) in [6.45, 7) is 7.22. The molecule has 1 aromatic rings. The minimum Gasteiger partial charge on any atom is -0.375 e. The first-order valence-corrected chi connectivity index (χ1v) is 5.36. The monoisotopic (exact) mass is 190 g/mol. The number of rotatable bonds is 3. The van der Waals surface area contributed by atoms with E-state index in [0.29, 0.717) is 5.92 Å². The maximum Gasteiger partial charge on any atom is 0.0730 e. The highest BCUT2D eigenvalue weighted by Gasteiger charge is 2.51. The molecular formula is C13H18O. The molecule has 0 spiro atoms. The minimum absolute atomic E-state index is 0.115. The fourth-order valence-electron chi connectivity index (χ4n) is 2.10. The molecule has 2 rings (SSSR count). The highest BCUT2D eigenvalue weighted by Crippen LogP contribution is 2.53. The smallest absolute Gasteiger partial charge is 0.0730 e. The van der Waals surface area contributed by atoms with Crippen molar-refractivity contribution in [3.63, 3.8) is 0 Å². The second kappa shape index (κ2) is 3.39. The highest BCUT2D eigenvalue weighted by atomic mass is 16.5. The van der Waals surface area contributed by atoms with Gasteiger partial charge in [0.15, 0.2) is 0 Å². The Morgan fingerprint density at radius 1 is 1.36 bits per heavy atom. The van der Waals surface area contributed by atoms with Crippen molar-refractivity contribution in [1.29, 1.82) is 0 Å². The Morgan fingerprint density at radius 2 is 2.00 bits per heavy atom. The fourth-order valence-corrected chi connectivity index (χ4v) is 2.10. The number of ether oxygens (including phenoxy) is 1. The summed E-state index contributed by atoms with van der Waals surface area (Å²) in [5, 5.41) is 0. The minimum atomic E-state index is 0.115. The topological polar surface area (TPSA) is 9.23 Å². The van der Waals surface area contributed by atoms with E-state index in [1.165, 1.54) is 17.5 Å². The number of benzene rings is 1. The molecule has 1 nitrogen and oxygen atoms in total. The third-order valence-electron chi connectivity index (χ3n) is 3.14. The van der Waals surface area contributed by atoms with Crippen molar-refractivity contribution in [2.45, 2.75) is 38.7 Å². The molecule has 1 fully saturated rings. The molecule has 2 atom stereocenters. The van der Waals surface area contributed by atoms with Crippen LogP contribution in [0.4, 0.5) is 0 Å². The molecule has 0 heterocycles. The molecule has 1 aliphatic rings. The van der Waals surface area contributed by atoms with Crippen LogP contribution < -0.4 is 0 Å². The standard InChI is InChI=1S/C13H18O/c1-4-14-13(3)9-12(13)11-7-5-10(2)6-8-11/h5-8,12H,4,9H2,1-3H3. The van der Waals surface area contributed by atoms with Gasteiger partial charge in [-0.1, -0.05) is 29.8 Å². The van der Waals surface area contributed by atoms with Gasteiger partial charge >= 0.3 is 0 Å². The van der Waals surface area contributed by atoms with Gasteiger partial charge in [-0.05, 0) is 32.8 Å². The SMILES string of the molecule is CCOC1(C)CC1c1ccc(C)cc1. The summed E-state index contributed by atoms with van der Waals surface area (Å²) in [5.41, 5.74) is 2.86. The van der Waals surface area contributed by atoms with Crippen molar-refractivity contribution in [2.75, 3.05) is 6.61 Å². The summed E-state index contributed by atoms with van der Waals surface area (Å²) in [6.07, 6.45) is 1.17. The van der Waals surface area contributed by atoms with Gasteiger partial charge in [-0.25, -0.2) is 0 Å². The van der Waals surface area contributed by atoms with Crippen LogP contribution in [0, 0.1) is 6.92 Å². The van der Waals surface area contributed by atoms with Gasteiger partial charge < -0.3 is 4.74 Å². The molecule has 0 aliphatic heterocycles. The van der Waals surface area contributed by atoms with Gasteiger partial charge in [-0.2, -0.15) is 0 Å². The lowest BCUT2D eigenvalue weighted by molar-refractivity contribution is 0.0513. The molecular weight excluding hydrogens is 172 g/mol. The third-order valence-corrected chi connectivity index (χ3v) is 3.14. The quantitative estimate of drug-likeness (QED) is 0.710. The first kappa shape index (κ1) is 9.72. The number of hydrogen-bond acceptors (Lipinski definition) is 1. The molecule has 0 radical (unpaired) electrons. The van der Waals surface area contributed by atoms with Crippen LogP contribution in [0.5, 0.6) is 0 Å². The predicted molar refractivity (Wildman–Crippen MR) is 58.6 cm³/mol. The van der Waals surface area contributed by atoms with Crippen molar-refractivity contribution in [3.8, 4) is 0 Å². The Balaban J connectivity index is 2.09. The predicted octanol–water partition coefficient (Wildman–Crippen LogP) is 3.28. The van der Waals surface area contributed by atoms with Crippen LogP contribution in [-0.2, 0) is 4.74 Å². The Hall–Kier alpha value is -0.820. The van der Waals surface area contributed by atoms with Crippen LogP contribution in [0.1, 0.15) is 37.3 Å². The molecule has 14 heavy (non-hydrogen) atoms. The van der Waals surface area contributed by atoms with Crippen molar-refractivity contribution in [2.24, 2.45) is 0 Å². The van der Waals surface area contributed by atoms with Gasteiger partial charge in [0, 0.05) is 12.5 Å². The van der Waals surface area contributed by atoms with E-state index in [0.717, 1.165) is 6.61 Å². The van der Waals surface area contributed by atoms with E-state index >= 15 is 0 Å². The van der Waals surface area contributed by atoms with Crippen LogP contribution in [0.3, 0.4) is 0 Å². The molecule has 1 aromatic carbocycles. The van der Waals surface area contributed by atoms with Crippen LogP contribution in [0.15, 0.2) is 24.3 Å². The van der Waals surface area contributed by atoms with Crippen LogP contribution in [-0.4, -0.2) is 12.2 Å². The lowest BCUT2D eigenvalue weighted by Gasteiger charge is -2.11. The van der Waals surface area contributed by atoms with E-state index < -0.39 is 0 Å². The van der Waals surface area contributed by atoms with Crippen LogP contribution >= 0.6 is 0 Å². The lowest BCUT2D eigenvalue weighted by Crippen LogP contribution is -2.11. The molecule has 0 bridgehead atoms. The average Bonchev–Trinajstić information content (AvgIpc) is 2.80. The second-order valence-corrected chi connectivity index (χ2v) is 4.41. The summed E-state index contributed by atoms with van der Waals surface area (Å²) < 4.78 is 5.74. The summed E-state index contributed by atoms with van der Waals surface area (Å²) >= 11 is 0. The number of hydrogen-bond donors (Lipinski definition) is 0. The maximum absolute atomic E-state index is 5.74. The average molecular weight is 190 g/mol. The van der Waals surface area contributed by atoms with Gasteiger partial charge in [0.25, 0.3) is 0 Å². The third kappa shape index (κ3) is 1.69. The molecule has 76 valence electrons. The van der Waals surface area contributed by atoms with E-state index in [1.807, 2.05) is 0 Å². The number of aryl methyl sites for hydroxylation is 1. The Kier molecular flexibility index (Phi) is 2.36. The normalized spacial score (nSPS) is 30.4. The van der Waals surface area contributed by atoms with Crippen LogP contribution in [0.2, 0.25) is 0 Å². The highest BCUT2D eigenvalue weighted by molar-refractivity contribution is 5.32. The molecule has 0 N–H and O–H groups in total. The van der Waals surface area contributed by atoms with Crippen molar-refractivity contribution in [3.05, 3.63) is 35.4 Å². The summed E-state index contributed by atoms with van der Waals surface area (Å²) in [4.78, 5) is 0. The second-order valence-electron chi connectivity index (χ2n) is 4.41. The molecule has 1 heteroatoms. The molecule has 0 amide bonds. The van der Waals surface area contributed by atoms with Crippen molar-refractivity contribution in [1.82, 2.24) is 0 Å². The zero-order valence-corrected chi connectivity index (χ0v) is 9.21. The molecule has 0 aromatic heterocycles. The van der Waals surface area contributed by atoms with Crippen molar-refractivity contribution >= 4 is 0 Å². The van der Waals surface area contributed by atoms with Gasteiger partial charge in [0.2, 0.25) is 0 Å². The Labute approximate surface area is 86.1 Å². The molecule has 1 saturated carbocycles. The summed E-state index contributed by atoms with van der Waals surface area (Å²) in [7, 11) is 0. The fraction of sp³-hybridized carbons (Fsp3) is 0.538. The van der Waals surface area contributed by atoms with Gasteiger partial charge in [-0.3, -0.25) is 0 Å². The van der Waals surface area contributed by atoms with Crippen LogP contribution in [0.25, 0.3) is 0 Å².